The fourth-order valence-corrected chi connectivity index (χ4v) is 2.76. The number of aromatic nitrogens is 4. The number of nitrogens with one attached hydrogen (secondary N) is 1. The number of carbonyl (C=O) groups excluding carboxylic acids is 1. The molecule has 0 radical (unpaired) electrons. The number of nitrogens with zero attached hydrogens (tertiary/aromatic N) is 5. The second-order valence-corrected chi connectivity index (χ2v) is 5.48. The van der Waals surface area contributed by atoms with Crippen molar-refractivity contribution in [2.45, 2.75) is 13.3 Å². The minimum absolute atomic E-state index is 0.0825. The number of rotatable bonds is 5. The molecule has 0 saturated carbocycles. The first-order valence-electron chi connectivity index (χ1n) is 7.76. The summed E-state index contributed by atoms with van der Waals surface area (Å²) in [4.78, 5) is 26.0. The van der Waals surface area contributed by atoms with Gasteiger partial charge >= 0.3 is 0 Å². The Morgan fingerprint density at radius 3 is 3.04 bits per heavy atom. The van der Waals surface area contributed by atoms with Crippen LogP contribution in [0, 0.1) is 11.3 Å². The SMILES string of the molecule is CCN(CCC#N)C(=O)c1cc(-c2ncnc3[nH]ccc23)cn1C. The molecule has 24 heavy (non-hydrogen) atoms. The van der Waals surface area contributed by atoms with E-state index in [1.165, 1.54) is 6.33 Å². The van der Waals surface area contributed by atoms with Gasteiger partial charge in [-0.1, -0.05) is 0 Å². The van der Waals surface area contributed by atoms with Gasteiger partial charge in [0.15, 0.2) is 0 Å². The highest BCUT2D eigenvalue weighted by atomic mass is 16.2. The molecule has 0 atom stereocenters. The number of aryl methyl sites for hydroxylation is 1. The van der Waals surface area contributed by atoms with Crippen molar-refractivity contribution in [3.8, 4) is 17.3 Å². The van der Waals surface area contributed by atoms with Gasteiger partial charge in [-0.15, -0.1) is 0 Å². The molecule has 3 aromatic heterocycles. The van der Waals surface area contributed by atoms with Gasteiger partial charge in [0.25, 0.3) is 5.91 Å². The largest absolute Gasteiger partial charge is 0.346 e. The number of hydrogen-bond acceptors (Lipinski definition) is 4. The fourth-order valence-electron chi connectivity index (χ4n) is 2.76. The van der Waals surface area contributed by atoms with E-state index >= 15 is 0 Å². The summed E-state index contributed by atoms with van der Waals surface area (Å²) in [6.45, 7) is 2.91. The van der Waals surface area contributed by atoms with Crippen molar-refractivity contribution in [1.29, 1.82) is 5.26 Å². The summed E-state index contributed by atoms with van der Waals surface area (Å²) in [7, 11) is 1.84. The predicted molar refractivity (Wildman–Crippen MR) is 90.1 cm³/mol. The summed E-state index contributed by atoms with van der Waals surface area (Å²) in [6.07, 6.45) is 5.54. The number of nitriles is 1. The number of carbonyl (C=O) groups is 1. The number of amides is 1. The maximum Gasteiger partial charge on any atom is 0.270 e. The number of hydrogen-bond donors (Lipinski definition) is 1. The van der Waals surface area contributed by atoms with Gasteiger partial charge in [-0.3, -0.25) is 4.79 Å². The Morgan fingerprint density at radius 1 is 1.46 bits per heavy atom. The van der Waals surface area contributed by atoms with Crippen LogP contribution in [0.5, 0.6) is 0 Å². The first-order valence-corrected chi connectivity index (χ1v) is 7.76. The molecule has 0 saturated heterocycles. The standard InChI is InChI=1S/C17H18N6O/c1-3-23(8-4-6-18)17(24)14-9-12(10-22(14)2)15-13-5-7-19-16(13)21-11-20-15/h5,7,9-11H,3-4,8H2,1-2H3,(H,19,20,21). The Kier molecular flexibility index (Phi) is 4.29. The molecular formula is C17H18N6O. The van der Waals surface area contributed by atoms with Gasteiger partial charge in [0.1, 0.15) is 17.7 Å². The Labute approximate surface area is 139 Å². The van der Waals surface area contributed by atoms with Crippen molar-refractivity contribution in [1.82, 2.24) is 24.4 Å². The first kappa shape index (κ1) is 15.7. The monoisotopic (exact) mass is 322 g/mol. The lowest BCUT2D eigenvalue weighted by molar-refractivity contribution is 0.0758. The highest BCUT2D eigenvalue weighted by Crippen LogP contribution is 2.26. The lowest BCUT2D eigenvalue weighted by Gasteiger charge is -2.19. The van der Waals surface area contributed by atoms with Crippen LogP contribution in [0.25, 0.3) is 22.3 Å². The zero-order chi connectivity index (χ0) is 17.1. The van der Waals surface area contributed by atoms with E-state index in [2.05, 4.69) is 21.0 Å². The molecule has 0 aliphatic carbocycles. The third-order valence-corrected chi connectivity index (χ3v) is 4.01. The lowest BCUT2D eigenvalue weighted by Crippen LogP contribution is -2.32. The third-order valence-electron chi connectivity index (χ3n) is 4.01. The Morgan fingerprint density at radius 2 is 2.29 bits per heavy atom. The minimum atomic E-state index is -0.0825. The molecule has 0 unspecified atom stereocenters. The molecule has 1 N–H and O–H groups in total. The van der Waals surface area contributed by atoms with Crippen LogP contribution >= 0.6 is 0 Å². The van der Waals surface area contributed by atoms with E-state index in [4.69, 9.17) is 5.26 Å². The van der Waals surface area contributed by atoms with E-state index in [0.717, 1.165) is 22.3 Å². The molecular weight excluding hydrogens is 304 g/mol. The maximum absolute atomic E-state index is 12.7. The average Bonchev–Trinajstić information content (AvgIpc) is 3.21. The highest BCUT2D eigenvalue weighted by molar-refractivity contribution is 5.96. The van der Waals surface area contributed by atoms with E-state index in [9.17, 15) is 4.79 Å². The van der Waals surface area contributed by atoms with Crippen molar-refractivity contribution < 1.29 is 4.79 Å². The van der Waals surface area contributed by atoms with Gasteiger partial charge in [-0.2, -0.15) is 5.26 Å². The van der Waals surface area contributed by atoms with Gasteiger partial charge in [-0.25, -0.2) is 9.97 Å². The van der Waals surface area contributed by atoms with Crippen LogP contribution < -0.4 is 0 Å². The first-order chi connectivity index (χ1) is 11.7. The zero-order valence-corrected chi connectivity index (χ0v) is 13.7. The van der Waals surface area contributed by atoms with E-state index in [1.54, 1.807) is 9.47 Å². The van der Waals surface area contributed by atoms with Crippen molar-refractivity contribution in [3.05, 3.63) is 36.5 Å². The van der Waals surface area contributed by atoms with Gasteiger partial charge in [-0.05, 0) is 19.1 Å². The van der Waals surface area contributed by atoms with E-state index in [0.29, 0.717) is 25.2 Å². The molecule has 0 aromatic carbocycles. The van der Waals surface area contributed by atoms with Crippen LogP contribution in [0.2, 0.25) is 0 Å². The van der Waals surface area contributed by atoms with Crippen molar-refractivity contribution >= 4 is 16.9 Å². The second-order valence-electron chi connectivity index (χ2n) is 5.48. The Bertz CT molecular complexity index is 917. The molecule has 0 spiro atoms. The van der Waals surface area contributed by atoms with E-state index in [1.807, 2.05) is 38.5 Å². The van der Waals surface area contributed by atoms with Crippen LogP contribution in [0.3, 0.4) is 0 Å². The van der Waals surface area contributed by atoms with Crippen LogP contribution in [-0.4, -0.2) is 43.4 Å². The molecule has 0 fully saturated rings. The number of aromatic amines is 1. The molecule has 3 aromatic rings. The normalized spacial score (nSPS) is 10.7. The predicted octanol–water partition coefficient (Wildman–Crippen LogP) is 2.34. The molecule has 1 amide bonds. The van der Waals surface area contributed by atoms with E-state index < -0.39 is 0 Å². The van der Waals surface area contributed by atoms with Crippen LogP contribution in [0.15, 0.2) is 30.9 Å². The van der Waals surface area contributed by atoms with Gasteiger partial charge < -0.3 is 14.5 Å². The van der Waals surface area contributed by atoms with Crippen LogP contribution in [0.4, 0.5) is 0 Å². The molecule has 0 bridgehead atoms. The molecule has 7 heteroatoms. The van der Waals surface area contributed by atoms with Crippen LogP contribution in [-0.2, 0) is 7.05 Å². The third kappa shape index (κ3) is 2.74. The number of H-pyrrole nitrogens is 1. The summed E-state index contributed by atoms with van der Waals surface area (Å²) in [5.41, 5.74) is 2.99. The molecule has 0 aliphatic rings. The number of fused-ring (bicyclic) bond motifs is 1. The lowest BCUT2D eigenvalue weighted by atomic mass is 10.1. The van der Waals surface area contributed by atoms with Crippen molar-refractivity contribution in [3.63, 3.8) is 0 Å². The average molecular weight is 322 g/mol. The summed E-state index contributed by atoms with van der Waals surface area (Å²) in [5, 5.41) is 9.66. The molecule has 3 rings (SSSR count). The van der Waals surface area contributed by atoms with Gasteiger partial charge in [0.2, 0.25) is 0 Å². The molecule has 3 heterocycles. The fraction of sp³-hybridized carbons (Fsp3) is 0.294. The summed E-state index contributed by atoms with van der Waals surface area (Å²) in [6, 6.07) is 5.84. The molecule has 122 valence electrons. The highest BCUT2D eigenvalue weighted by Gasteiger charge is 2.19. The molecule has 0 aliphatic heterocycles. The van der Waals surface area contributed by atoms with Crippen molar-refractivity contribution in [2.24, 2.45) is 7.05 Å². The summed E-state index contributed by atoms with van der Waals surface area (Å²) in [5.74, 6) is -0.0825. The van der Waals surface area contributed by atoms with Crippen LogP contribution in [0.1, 0.15) is 23.8 Å². The second kappa shape index (κ2) is 6.54. The maximum atomic E-state index is 12.7. The minimum Gasteiger partial charge on any atom is -0.346 e. The van der Waals surface area contributed by atoms with Crippen molar-refractivity contribution in [2.75, 3.05) is 13.1 Å². The Hall–Kier alpha value is -3.14. The molecule has 7 nitrogen and oxygen atoms in total. The topological polar surface area (TPSA) is 90.6 Å². The Balaban J connectivity index is 1.97. The quantitative estimate of drug-likeness (QED) is 0.780. The van der Waals surface area contributed by atoms with Gasteiger partial charge in [0, 0.05) is 43.5 Å². The van der Waals surface area contributed by atoms with Gasteiger partial charge in [0.05, 0.1) is 18.2 Å². The summed E-state index contributed by atoms with van der Waals surface area (Å²) >= 11 is 0. The summed E-state index contributed by atoms with van der Waals surface area (Å²) < 4.78 is 1.80. The smallest absolute Gasteiger partial charge is 0.270 e. The van der Waals surface area contributed by atoms with E-state index in [-0.39, 0.29) is 5.91 Å². The zero-order valence-electron chi connectivity index (χ0n) is 13.7.